The standard InChI is InChI=1S/C22H26FN7O3/c1-24-19-11-18(26-17-3-2-8-29(22(17)32)13-6-9-33-10-7-13)28-20-14(12-25-30(19)20)21(31)27-16-5-4-15(16)23/h2-3,8,11-13,15-16,24H,4-7,9-10H2,1H3,(H,26,28)(H,27,31)/t15-,16-/m1/s1. The highest BCUT2D eigenvalue weighted by Gasteiger charge is 2.33. The van der Waals surface area contributed by atoms with Gasteiger partial charge in [-0.2, -0.15) is 9.61 Å². The Hall–Kier alpha value is -3.47. The highest BCUT2D eigenvalue weighted by molar-refractivity contribution is 6.00. The molecular formula is C22H26FN7O3. The van der Waals surface area contributed by atoms with Crippen LogP contribution < -0.4 is 21.5 Å². The minimum atomic E-state index is -1.02. The maximum atomic E-state index is 13.6. The van der Waals surface area contributed by atoms with Gasteiger partial charge < -0.3 is 25.3 Å². The Morgan fingerprint density at radius 1 is 1.24 bits per heavy atom. The van der Waals surface area contributed by atoms with Gasteiger partial charge in [0.2, 0.25) is 0 Å². The minimum Gasteiger partial charge on any atom is -0.381 e. The summed E-state index contributed by atoms with van der Waals surface area (Å²) in [5.74, 6) is 0.537. The fourth-order valence-electron chi connectivity index (χ4n) is 4.23. The molecule has 2 atom stereocenters. The number of carbonyl (C=O) groups excluding carboxylic acids is 1. The van der Waals surface area contributed by atoms with Crippen LogP contribution in [-0.4, -0.2) is 57.5 Å². The number of rotatable bonds is 6. The number of hydrogen-bond acceptors (Lipinski definition) is 7. The number of hydrogen-bond donors (Lipinski definition) is 3. The summed E-state index contributed by atoms with van der Waals surface area (Å²) < 4.78 is 22.3. The summed E-state index contributed by atoms with van der Waals surface area (Å²) in [6.07, 6.45) is 4.81. The Labute approximate surface area is 189 Å². The Morgan fingerprint density at radius 2 is 2.06 bits per heavy atom. The molecule has 0 aromatic carbocycles. The molecule has 33 heavy (non-hydrogen) atoms. The topological polar surface area (TPSA) is 115 Å². The molecule has 4 heterocycles. The lowest BCUT2D eigenvalue weighted by atomic mass is 9.90. The molecular weight excluding hydrogens is 429 g/mol. The van der Waals surface area contributed by atoms with Crippen LogP contribution >= 0.6 is 0 Å². The average Bonchev–Trinajstić information content (AvgIpc) is 3.27. The van der Waals surface area contributed by atoms with E-state index in [4.69, 9.17) is 4.74 Å². The maximum Gasteiger partial charge on any atom is 0.274 e. The average molecular weight is 455 g/mol. The monoisotopic (exact) mass is 455 g/mol. The number of halogens is 1. The van der Waals surface area contributed by atoms with E-state index >= 15 is 0 Å². The molecule has 10 nitrogen and oxygen atoms in total. The molecule has 5 rings (SSSR count). The number of ether oxygens (including phenoxy) is 1. The molecule has 1 saturated heterocycles. The van der Waals surface area contributed by atoms with Crippen LogP contribution in [0.5, 0.6) is 0 Å². The van der Waals surface area contributed by atoms with Gasteiger partial charge in [-0.3, -0.25) is 9.59 Å². The molecule has 3 N–H and O–H groups in total. The van der Waals surface area contributed by atoms with Crippen LogP contribution in [0.4, 0.5) is 21.7 Å². The second-order valence-electron chi connectivity index (χ2n) is 8.35. The lowest BCUT2D eigenvalue weighted by Crippen LogP contribution is -2.48. The third-order valence-electron chi connectivity index (χ3n) is 6.30. The molecule has 2 aliphatic rings. The molecule has 3 aromatic heterocycles. The largest absolute Gasteiger partial charge is 0.381 e. The van der Waals surface area contributed by atoms with Crippen molar-refractivity contribution in [1.82, 2.24) is 24.5 Å². The molecule has 1 aliphatic carbocycles. The second-order valence-corrected chi connectivity index (χ2v) is 8.35. The Balaban J connectivity index is 1.46. The Bertz CT molecular complexity index is 1230. The zero-order chi connectivity index (χ0) is 22.9. The van der Waals surface area contributed by atoms with Crippen molar-refractivity contribution in [3.63, 3.8) is 0 Å². The molecule has 1 aliphatic heterocycles. The lowest BCUT2D eigenvalue weighted by Gasteiger charge is -2.30. The quantitative estimate of drug-likeness (QED) is 0.522. The van der Waals surface area contributed by atoms with E-state index in [1.807, 2.05) is 6.07 Å². The third kappa shape index (κ3) is 4.04. The third-order valence-corrected chi connectivity index (χ3v) is 6.30. The number of aromatic nitrogens is 4. The summed E-state index contributed by atoms with van der Waals surface area (Å²) in [4.78, 5) is 30.4. The number of carbonyl (C=O) groups is 1. The van der Waals surface area contributed by atoms with Gasteiger partial charge in [-0.15, -0.1) is 0 Å². The first-order chi connectivity index (χ1) is 16.0. The van der Waals surface area contributed by atoms with Crippen LogP contribution in [0.3, 0.4) is 0 Å². The van der Waals surface area contributed by atoms with Gasteiger partial charge in [0.25, 0.3) is 11.5 Å². The van der Waals surface area contributed by atoms with Crippen molar-refractivity contribution in [2.75, 3.05) is 30.9 Å². The number of fused-ring (bicyclic) bond motifs is 1. The van der Waals surface area contributed by atoms with Gasteiger partial charge in [0.05, 0.1) is 12.2 Å². The molecule has 0 bridgehead atoms. The van der Waals surface area contributed by atoms with Gasteiger partial charge in [0.1, 0.15) is 29.1 Å². The van der Waals surface area contributed by atoms with Crippen LogP contribution in [0.2, 0.25) is 0 Å². The maximum absolute atomic E-state index is 13.6. The van der Waals surface area contributed by atoms with Gasteiger partial charge in [-0.25, -0.2) is 9.37 Å². The number of amides is 1. The van der Waals surface area contributed by atoms with Gasteiger partial charge >= 0.3 is 0 Å². The summed E-state index contributed by atoms with van der Waals surface area (Å²) in [6.45, 7) is 1.27. The van der Waals surface area contributed by atoms with Crippen LogP contribution in [0.1, 0.15) is 42.1 Å². The van der Waals surface area contributed by atoms with Crippen molar-refractivity contribution in [2.45, 2.75) is 43.9 Å². The predicted octanol–water partition coefficient (Wildman–Crippen LogP) is 2.26. The highest BCUT2D eigenvalue weighted by atomic mass is 19.1. The van der Waals surface area contributed by atoms with E-state index in [-0.39, 0.29) is 17.2 Å². The fraction of sp³-hybridized carbons (Fsp3) is 0.455. The zero-order valence-corrected chi connectivity index (χ0v) is 18.3. The number of alkyl halides is 1. The molecule has 174 valence electrons. The zero-order valence-electron chi connectivity index (χ0n) is 18.3. The summed E-state index contributed by atoms with van der Waals surface area (Å²) in [7, 11) is 1.72. The Kier molecular flexibility index (Phi) is 5.71. The summed E-state index contributed by atoms with van der Waals surface area (Å²) >= 11 is 0. The van der Waals surface area contributed by atoms with Gasteiger partial charge in [-0.05, 0) is 37.8 Å². The fourth-order valence-corrected chi connectivity index (χ4v) is 4.23. The van der Waals surface area contributed by atoms with E-state index in [1.165, 1.54) is 10.7 Å². The molecule has 11 heteroatoms. The number of nitrogens with zero attached hydrogens (tertiary/aromatic N) is 4. The van der Waals surface area contributed by atoms with Gasteiger partial charge in [0.15, 0.2) is 5.65 Å². The van der Waals surface area contributed by atoms with Gasteiger partial charge in [-0.1, -0.05) is 0 Å². The molecule has 0 radical (unpaired) electrons. The van der Waals surface area contributed by atoms with Crippen LogP contribution in [0.25, 0.3) is 5.65 Å². The van der Waals surface area contributed by atoms with E-state index in [0.29, 0.717) is 49.0 Å². The molecule has 1 amide bonds. The Morgan fingerprint density at radius 3 is 2.76 bits per heavy atom. The SMILES string of the molecule is CNc1cc(Nc2cccn(C3CCOCC3)c2=O)nc2c(C(=O)N[C@@H]3CC[C@H]3F)cnn12. The van der Waals surface area contributed by atoms with E-state index in [9.17, 15) is 14.0 Å². The van der Waals surface area contributed by atoms with Crippen molar-refractivity contribution >= 4 is 28.9 Å². The number of nitrogens with one attached hydrogen (secondary N) is 3. The van der Waals surface area contributed by atoms with Crippen molar-refractivity contribution in [3.8, 4) is 0 Å². The molecule has 2 fully saturated rings. The van der Waals surface area contributed by atoms with Gasteiger partial charge in [0, 0.05) is 38.6 Å². The summed E-state index contributed by atoms with van der Waals surface area (Å²) in [6, 6.07) is 4.83. The second kappa shape index (κ2) is 8.81. The predicted molar refractivity (Wildman–Crippen MR) is 121 cm³/mol. The van der Waals surface area contributed by atoms with Crippen molar-refractivity contribution in [3.05, 3.63) is 46.5 Å². The molecule has 1 saturated carbocycles. The van der Waals surface area contributed by atoms with E-state index in [0.717, 1.165) is 12.8 Å². The van der Waals surface area contributed by atoms with Crippen molar-refractivity contribution in [2.24, 2.45) is 0 Å². The first-order valence-corrected chi connectivity index (χ1v) is 11.1. The highest BCUT2D eigenvalue weighted by Crippen LogP contribution is 2.25. The normalized spacial score (nSPS) is 20.9. The molecule has 3 aromatic rings. The number of pyridine rings is 1. The van der Waals surface area contributed by atoms with Crippen LogP contribution in [0.15, 0.2) is 35.4 Å². The lowest BCUT2D eigenvalue weighted by molar-refractivity contribution is 0.0687. The minimum absolute atomic E-state index is 0.0901. The summed E-state index contributed by atoms with van der Waals surface area (Å²) in [5.41, 5.74) is 0.768. The van der Waals surface area contributed by atoms with Crippen LogP contribution in [-0.2, 0) is 4.74 Å². The smallest absolute Gasteiger partial charge is 0.274 e. The van der Waals surface area contributed by atoms with Crippen molar-refractivity contribution < 1.29 is 13.9 Å². The number of anilines is 3. The first kappa shape index (κ1) is 21.4. The van der Waals surface area contributed by atoms with E-state index < -0.39 is 18.1 Å². The van der Waals surface area contributed by atoms with E-state index in [1.54, 1.807) is 29.9 Å². The molecule has 0 unspecified atom stereocenters. The van der Waals surface area contributed by atoms with Crippen LogP contribution in [0, 0.1) is 0 Å². The first-order valence-electron chi connectivity index (χ1n) is 11.1. The van der Waals surface area contributed by atoms with E-state index in [2.05, 4.69) is 26.0 Å². The summed E-state index contributed by atoms with van der Waals surface area (Å²) in [5, 5.41) is 13.1. The molecule has 0 spiro atoms. The van der Waals surface area contributed by atoms with Crippen molar-refractivity contribution in [1.29, 1.82) is 0 Å².